The number of anilines is 2. The van der Waals surface area contributed by atoms with Crippen molar-refractivity contribution in [1.82, 2.24) is 10.2 Å². The minimum Gasteiger partial charge on any atom is -0.433 e. The number of para-hydroxylation sites is 2. The molecular formula is C11H10ClF2N3O2. The van der Waals surface area contributed by atoms with E-state index in [1.165, 1.54) is 6.07 Å². The summed E-state index contributed by atoms with van der Waals surface area (Å²) in [5.74, 6) is 0.215. The molecule has 0 saturated carbocycles. The first kappa shape index (κ1) is 13.5. The topological polar surface area (TPSA) is 60.2 Å². The second kappa shape index (κ2) is 5.83. The maximum absolute atomic E-state index is 12.2. The third-order valence-electron chi connectivity index (χ3n) is 2.13. The molecule has 102 valence electrons. The van der Waals surface area contributed by atoms with E-state index in [9.17, 15) is 8.78 Å². The second-order valence-corrected chi connectivity index (χ2v) is 4.22. The van der Waals surface area contributed by atoms with Gasteiger partial charge in [0.15, 0.2) is 0 Å². The van der Waals surface area contributed by atoms with E-state index < -0.39 is 12.0 Å². The number of rotatable bonds is 5. The number of alkyl halides is 3. The number of hydrogen-bond acceptors (Lipinski definition) is 5. The van der Waals surface area contributed by atoms with Gasteiger partial charge in [-0.1, -0.05) is 17.2 Å². The average Bonchev–Trinajstić information content (AvgIpc) is 2.80. The predicted octanol–water partition coefficient (Wildman–Crippen LogP) is 3.71. The number of ether oxygens (including phenoxy) is 1. The van der Waals surface area contributed by atoms with Crippen molar-refractivity contribution in [3.05, 3.63) is 30.2 Å². The van der Waals surface area contributed by atoms with Crippen LogP contribution in [0.2, 0.25) is 0 Å². The maximum atomic E-state index is 12.2. The molecule has 1 unspecified atom stereocenters. The highest BCUT2D eigenvalue weighted by molar-refractivity contribution is 6.20. The molecule has 0 saturated heterocycles. The summed E-state index contributed by atoms with van der Waals surface area (Å²) in [4.78, 5) is 0. The fourth-order valence-electron chi connectivity index (χ4n) is 1.33. The van der Waals surface area contributed by atoms with Crippen LogP contribution in [0.3, 0.4) is 0 Å². The smallest absolute Gasteiger partial charge is 0.387 e. The molecule has 1 atom stereocenters. The van der Waals surface area contributed by atoms with E-state index in [0.29, 0.717) is 5.69 Å². The molecule has 1 aromatic heterocycles. The van der Waals surface area contributed by atoms with Gasteiger partial charge < -0.3 is 14.5 Å². The van der Waals surface area contributed by atoms with Crippen LogP contribution in [-0.4, -0.2) is 16.8 Å². The Hall–Kier alpha value is -1.89. The monoisotopic (exact) mass is 289 g/mol. The van der Waals surface area contributed by atoms with Crippen LogP contribution in [0.25, 0.3) is 0 Å². The Kier molecular flexibility index (Phi) is 4.16. The van der Waals surface area contributed by atoms with E-state index >= 15 is 0 Å². The average molecular weight is 290 g/mol. The first-order valence-electron chi connectivity index (χ1n) is 5.34. The minimum absolute atomic E-state index is 0.0174. The number of benzene rings is 1. The van der Waals surface area contributed by atoms with Crippen molar-refractivity contribution in [3.63, 3.8) is 0 Å². The van der Waals surface area contributed by atoms with Gasteiger partial charge in [0, 0.05) is 0 Å². The summed E-state index contributed by atoms with van der Waals surface area (Å²) in [5.41, 5.74) is 0.292. The van der Waals surface area contributed by atoms with E-state index in [1.54, 1.807) is 25.1 Å². The first-order valence-corrected chi connectivity index (χ1v) is 5.78. The highest BCUT2D eigenvalue weighted by Crippen LogP contribution is 2.29. The van der Waals surface area contributed by atoms with Crippen molar-refractivity contribution in [2.75, 3.05) is 5.32 Å². The van der Waals surface area contributed by atoms with Gasteiger partial charge in [0.25, 0.3) is 0 Å². The summed E-state index contributed by atoms with van der Waals surface area (Å²) in [6.45, 7) is -1.24. The second-order valence-electron chi connectivity index (χ2n) is 3.56. The lowest BCUT2D eigenvalue weighted by Gasteiger charge is -2.09. The summed E-state index contributed by atoms with van der Waals surface area (Å²) < 4.78 is 34.0. The molecule has 0 bridgehead atoms. The molecule has 5 nitrogen and oxygen atoms in total. The van der Waals surface area contributed by atoms with E-state index in [-0.39, 0.29) is 17.7 Å². The van der Waals surface area contributed by atoms with Crippen molar-refractivity contribution in [2.45, 2.75) is 18.9 Å². The minimum atomic E-state index is -2.91. The lowest BCUT2D eigenvalue weighted by Crippen LogP contribution is -2.04. The summed E-state index contributed by atoms with van der Waals surface area (Å²) in [7, 11) is 0. The Morgan fingerprint density at radius 1 is 1.32 bits per heavy atom. The Morgan fingerprint density at radius 3 is 2.68 bits per heavy atom. The van der Waals surface area contributed by atoms with Gasteiger partial charge in [-0.05, 0) is 19.1 Å². The quantitative estimate of drug-likeness (QED) is 0.850. The van der Waals surface area contributed by atoms with Crippen molar-refractivity contribution in [3.8, 4) is 5.75 Å². The van der Waals surface area contributed by atoms with Gasteiger partial charge in [-0.15, -0.1) is 16.7 Å². The van der Waals surface area contributed by atoms with E-state index in [4.69, 9.17) is 16.0 Å². The lowest BCUT2D eigenvalue weighted by atomic mass is 10.3. The molecule has 2 aromatic rings. The third kappa shape index (κ3) is 3.54. The van der Waals surface area contributed by atoms with Crippen LogP contribution >= 0.6 is 11.6 Å². The Morgan fingerprint density at radius 2 is 2.05 bits per heavy atom. The molecule has 2 rings (SSSR count). The van der Waals surface area contributed by atoms with Gasteiger partial charge in [-0.3, -0.25) is 0 Å². The number of aromatic nitrogens is 2. The molecule has 0 amide bonds. The molecular weight excluding hydrogens is 280 g/mol. The van der Waals surface area contributed by atoms with Gasteiger partial charge in [0.1, 0.15) is 11.1 Å². The number of nitrogens with zero attached hydrogens (tertiary/aromatic N) is 2. The zero-order valence-corrected chi connectivity index (χ0v) is 10.6. The fourth-order valence-corrected chi connectivity index (χ4v) is 1.42. The predicted molar refractivity (Wildman–Crippen MR) is 64.9 cm³/mol. The van der Waals surface area contributed by atoms with Crippen LogP contribution in [0.1, 0.15) is 18.2 Å². The molecule has 0 radical (unpaired) electrons. The Balaban J connectivity index is 2.17. The molecule has 8 heteroatoms. The lowest BCUT2D eigenvalue weighted by molar-refractivity contribution is -0.0493. The van der Waals surface area contributed by atoms with Crippen LogP contribution in [0.15, 0.2) is 28.7 Å². The van der Waals surface area contributed by atoms with E-state index in [1.807, 2.05) is 0 Å². The Labute approximate surface area is 112 Å². The zero-order chi connectivity index (χ0) is 13.8. The summed E-state index contributed by atoms with van der Waals surface area (Å²) in [5, 5.41) is 9.66. The first-order chi connectivity index (χ1) is 9.06. The van der Waals surface area contributed by atoms with E-state index in [2.05, 4.69) is 20.3 Å². The van der Waals surface area contributed by atoms with Gasteiger partial charge >= 0.3 is 12.6 Å². The van der Waals surface area contributed by atoms with Crippen molar-refractivity contribution in [2.24, 2.45) is 0 Å². The zero-order valence-electron chi connectivity index (χ0n) is 9.81. The number of halogens is 3. The van der Waals surface area contributed by atoms with Crippen LogP contribution in [0.4, 0.5) is 20.5 Å². The van der Waals surface area contributed by atoms with Gasteiger partial charge in [-0.2, -0.15) is 8.78 Å². The largest absolute Gasteiger partial charge is 0.433 e. The number of hydrogen-bond donors (Lipinski definition) is 1. The van der Waals surface area contributed by atoms with Crippen molar-refractivity contribution < 1.29 is 17.9 Å². The van der Waals surface area contributed by atoms with Gasteiger partial charge in [0.05, 0.1) is 5.69 Å². The Bertz CT molecular complexity index is 548. The molecule has 1 N–H and O–H groups in total. The summed E-state index contributed by atoms with van der Waals surface area (Å²) in [6.07, 6.45) is 0. The molecule has 0 spiro atoms. The van der Waals surface area contributed by atoms with Crippen LogP contribution in [-0.2, 0) is 0 Å². The maximum Gasteiger partial charge on any atom is 0.387 e. The molecule has 1 heterocycles. The SMILES string of the molecule is CC(Cl)c1nnc(Nc2ccccc2OC(F)F)o1. The van der Waals surface area contributed by atoms with Crippen LogP contribution in [0.5, 0.6) is 5.75 Å². The standard InChI is InChI=1S/C11H10ClF2N3O2/c1-6(12)9-16-17-11(19-9)15-7-4-2-3-5-8(7)18-10(13)14/h2-6,10H,1H3,(H,15,17). The van der Waals surface area contributed by atoms with E-state index in [0.717, 1.165) is 0 Å². The molecule has 1 aromatic carbocycles. The van der Waals surface area contributed by atoms with Gasteiger partial charge in [0.2, 0.25) is 5.89 Å². The molecule has 0 fully saturated rings. The van der Waals surface area contributed by atoms with Crippen LogP contribution < -0.4 is 10.1 Å². The van der Waals surface area contributed by atoms with Gasteiger partial charge in [-0.25, -0.2) is 0 Å². The molecule has 0 aliphatic heterocycles. The number of nitrogens with one attached hydrogen (secondary N) is 1. The van der Waals surface area contributed by atoms with Crippen molar-refractivity contribution in [1.29, 1.82) is 0 Å². The van der Waals surface area contributed by atoms with Crippen molar-refractivity contribution >= 4 is 23.3 Å². The fraction of sp³-hybridized carbons (Fsp3) is 0.273. The summed E-state index contributed by atoms with van der Waals surface area (Å²) >= 11 is 5.77. The summed E-state index contributed by atoms with van der Waals surface area (Å²) in [6, 6.07) is 6.22. The third-order valence-corrected chi connectivity index (χ3v) is 2.31. The van der Waals surface area contributed by atoms with Crippen LogP contribution in [0, 0.1) is 0 Å². The molecule has 0 aliphatic rings. The molecule has 0 aliphatic carbocycles. The molecule has 19 heavy (non-hydrogen) atoms. The highest BCUT2D eigenvalue weighted by Gasteiger charge is 2.14. The normalized spacial score (nSPS) is 12.5. The highest BCUT2D eigenvalue weighted by atomic mass is 35.5.